The highest BCUT2D eigenvalue weighted by Gasteiger charge is 2.15. The molecule has 172 valence electrons. The highest BCUT2D eigenvalue weighted by Crippen LogP contribution is 2.30. The van der Waals surface area contributed by atoms with Crippen molar-refractivity contribution < 1.29 is 8.42 Å². The molecule has 0 fully saturated rings. The number of benzene rings is 3. The van der Waals surface area contributed by atoms with E-state index in [1.807, 2.05) is 60.7 Å². The SMILES string of the molecule is O=S(=O)(NCCNc1cc(-c2ccccc2Cl)nc2c(Br)cnn12)c1ccc2ccccc2c1. The third kappa shape index (κ3) is 4.52. The average Bonchev–Trinajstić information content (AvgIpc) is 3.22. The number of fused-ring (bicyclic) bond motifs is 2. The first-order chi connectivity index (χ1) is 16.4. The van der Waals surface area contributed by atoms with Gasteiger partial charge >= 0.3 is 0 Å². The quantitative estimate of drug-likeness (QED) is 0.264. The Morgan fingerprint density at radius 1 is 0.941 bits per heavy atom. The van der Waals surface area contributed by atoms with E-state index >= 15 is 0 Å². The molecule has 7 nitrogen and oxygen atoms in total. The van der Waals surface area contributed by atoms with Gasteiger partial charge in [-0.1, -0.05) is 60.1 Å². The Kier molecular flexibility index (Phi) is 6.26. The van der Waals surface area contributed by atoms with Crippen LogP contribution in [0.1, 0.15) is 0 Å². The molecule has 0 aliphatic rings. The molecule has 0 saturated heterocycles. The highest BCUT2D eigenvalue weighted by molar-refractivity contribution is 9.10. The molecule has 0 bridgehead atoms. The summed E-state index contributed by atoms with van der Waals surface area (Å²) in [6.07, 6.45) is 1.66. The van der Waals surface area contributed by atoms with Gasteiger partial charge in [-0.15, -0.1) is 0 Å². The number of anilines is 1. The molecule has 0 saturated carbocycles. The number of sulfonamides is 1. The van der Waals surface area contributed by atoms with Crippen molar-refractivity contribution in [3.63, 3.8) is 0 Å². The molecule has 3 aromatic carbocycles. The Hall–Kier alpha value is -2.98. The molecule has 5 aromatic rings. The number of hydrogen-bond acceptors (Lipinski definition) is 5. The monoisotopic (exact) mass is 555 g/mol. The fourth-order valence-electron chi connectivity index (χ4n) is 3.66. The van der Waals surface area contributed by atoms with Crippen LogP contribution >= 0.6 is 27.5 Å². The lowest BCUT2D eigenvalue weighted by atomic mass is 10.1. The summed E-state index contributed by atoms with van der Waals surface area (Å²) in [7, 11) is -3.65. The minimum Gasteiger partial charge on any atom is -0.369 e. The molecule has 0 aliphatic carbocycles. The van der Waals surface area contributed by atoms with Gasteiger partial charge in [0.2, 0.25) is 10.0 Å². The molecule has 0 aliphatic heterocycles. The van der Waals surface area contributed by atoms with Crippen molar-refractivity contribution >= 4 is 59.8 Å². The van der Waals surface area contributed by atoms with Crippen LogP contribution in [0.3, 0.4) is 0 Å². The zero-order chi connectivity index (χ0) is 23.7. The van der Waals surface area contributed by atoms with Crippen molar-refractivity contribution in [2.45, 2.75) is 4.90 Å². The number of rotatable bonds is 7. The lowest BCUT2D eigenvalue weighted by molar-refractivity contribution is 0.583. The van der Waals surface area contributed by atoms with Crippen LogP contribution in [0, 0.1) is 0 Å². The lowest BCUT2D eigenvalue weighted by Crippen LogP contribution is -2.29. The molecule has 0 radical (unpaired) electrons. The molecule has 2 heterocycles. The predicted octanol–water partition coefficient (Wildman–Crippen LogP) is 5.36. The Bertz CT molecular complexity index is 1620. The van der Waals surface area contributed by atoms with E-state index in [1.54, 1.807) is 22.8 Å². The number of halogens is 2. The fraction of sp³-hybridized carbons (Fsp3) is 0.0833. The summed E-state index contributed by atoms with van der Waals surface area (Å²) in [6.45, 7) is 0.522. The summed E-state index contributed by atoms with van der Waals surface area (Å²) in [5.41, 5.74) is 2.09. The predicted molar refractivity (Wildman–Crippen MR) is 139 cm³/mol. The second-order valence-corrected chi connectivity index (χ2v) is 10.6. The minimum atomic E-state index is -3.65. The zero-order valence-corrected chi connectivity index (χ0v) is 20.9. The van der Waals surface area contributed by atoms with E-state index < -0.39 is 10.0 Å². The number of aromatic nitrogens is 3. The molecular weight excluding hydrogens is 538 g/mol. The second-order valence-electron chi connectivity index (χ2n) is 7.57. The van der Waals surface area contributed by atoms with Crippen LogP contribution in [-0.2, 0) is 10.0 Å². The van der Waals surface area contributed by atoms with E-state index in [1.165, 1.54) is 0 Å². The van der Waals surface area contributed by atoms with Gasteiger partial charge in [0.25, 0.3) is 0 Å². The molecule has 2 N–H and O–H groups in total. The van der Waals surface area contributed by atoms with Crippen LogP contribution in [0.2, 0.25) is 5.02 Å². The third-order valence-electron chi connectivity index (χ3n) is 5.33. The van der Waals surface area contributed by atoms with E-state index in [0.717, 1.165) is 20.8 Å². The van der Waals surface area contributed by atoms with Crippen molar-refractivity contribution in [3.05, 3.63) is 88.5 Å². The maximum absolute atomic E-state index is 12.8. The van der Waals surface area contributed by atoms with E-state index in [0.29, 0.717) is 28.7 Å². The zero-order valence-electron chi connectivity index (χ0n) is 17.7. The summed E-state index contributed by atoms with van der Waals surface area (Å²) in [5.74, 6) is 0.663. The third-order valence-corrected chi connectivity index (χ3v) is 7.68. The van der Waals surface area contributed by atoms with Gasteiger partial charge in [0.05, 0.1) is 21.3 Å². The van der Waals surface area contributed by atoms with Crippen LogP contribution in [0.4, 0.5) is 5.82 Å². The maximum atomic E-state index is 12.8. The maximum Gasteiger partial charge on any atom is 0.240 e. The molecule has 0 unspecified atom stereocenters. The van der Waals surface area contributed by atoms with Crippen LogP contribution < -0.4 is 10.0 Å². The molecule has 0 amide bonds. The molecule has 10 heteroatoms. The van der Waals surface area contributed by atoms with Crippen molar-refractivity contribution in [3.8, 4) is 11.3 Å². The smallest absolute Gasteiger partial charge is 0.240 e. The molecule has 5 rings (SSSR count). The van der Waals surface area contributed by atoms with Gasteiger partial charge < -0.3 is 5.32 Å². The fourth-order valence-corrected chi connectivity index (χ4v) is 5.31. The number of nitrogens with one attached hydrogen (secondary N) is 2. The first kappa shape index (κ1) is 22.8. The van der Waals surface area contributed by atoms with Crippen molar-refractivity contribution in [1.82, 2.24) is 19.3 Å². The van der Waals surface area contributed by atoms with Crippen LogP contribution in [0.5, 0.6) is 0 Å². The van der Waals surface area contributed by atoms with Crippen LogP contribution in [-0.4, -0.2) is 36.1 Å². The Labute approximate surface area is 210 Å². The van der Waals surface area contributed by atoms with Crippen LogP contribution in [0.15, 0.2) is 88.4 Å². The molecular formula is C24H19BrClN5O2S. The van der Waals surface area contributed by atoms with E-state index in [9.17, 15) is 8.42 Å². The van der Waals surface area contributed by atoms with E-state index in [4.69, 9.17) is 11.6 Å². The normalized spacial score (nSPS) is 11.8. The summed E-state index contributed by atoms with van der Waals surface area (Å²) in [6, 6.07) is 22.0. The van der Waals surface area contributed by atoms with Crippen LogP contribution in [0.25, 0.3) is 27.7 Å². The molecule has 2 aromatic heterocycles. The first-order valence-electron chi connectivity index (χ1n) is 10.4. The Morgan fingerprint density at radius 2 is 1.71 bits per heavy atom. The van der Waals surface area contributed by atoms with Gasteiger partial charge in [0.1, 0.15) is 5.82 Å². The second kappa shape index (κ2) is 9.34. The summed E-state index contributed by atoms with van der Waals surface area (Å²) in [4.78, 5) is 4.91. The minimum absolute atomic E-state index is 0.183. The van der Waals surface area contributed by atoms with Gasteiger partial charge in [-0.25, -0.2) is 18.1 Å². The Balaban J connectivity index is 1.34. The van der Waals surface area contributed by atoms with E-state index in [-0.39, 0.29) is 11.4 Å². The first-order valence-corrected chi connectivity index (χ1v) is 13.1. The lowest BCUT2D eigenvalue weighted by Gasteiger charge is -2.12. The van der Waals surface area contributed by atoms with Gasteiger partial charge in [-0.05, 0) is 44.9 Å². The Morgan fingerprint density at radius 3 is 2.53 bits per heavy atom. The van der Waals surface area contributed by atoms with E-state index in [2.05, 4.69) is 36.1 Å². The van der Waals surface area contributed by atoms with Gasteiger partial charge in [-0.2, -0.15) is 9.61 Å². The topological polar surface area (TPSA) is 88.4 Å². The largest absolute Gasteiger partial charge is 0.369 e. The molecule has 0 spiro atoms. The number of nitrogens with zero attached hydrogens (tertiary/aromatic N) is 3. The number of hydrogen-bond donors (Lipinski definition) is 2. The van der Waals surface area contributed by atoms with Gasteiger partial charge in [0.15, 0.2) is 5.65 Å². The summed E-state index contributed by atoms with van der Waals surface area (Å²) < 4.78 is 30.6. The summed E-state index contributed by atoms with van der Waals surface area (Å²) in [5, 5.41) is 10.1. The van der Waals surface area contributed by atoms with Gasteiger partial charge in [-0.3, -0.25) is 0 Å². The highest BCUT2D eigenvalue weighted by atomic mass is 79.9. The van der Waals surface area contributed by atoms with Gasteiger partial charge in [0, 0.05) is 29.7 Å². The molecule has 34 heavy (non-hydrogen) atoms. The van der Waals surface area contributed by atoms with Crippen molar-refractivity contribution in [2.24, 2.45) is 0 Å². The molecule has 0 atom stereocenters. The average molecular weight is 557 g/mol. The summed E-state index contributed by atoms with van der Waals surface area (Å²) >= 11 is 9.86. The van der Waals surface area contributed by atoms with Crippen molar-refractivity contribution in [2.75, 3.05) is 18.4 Å². The van der Waals surface area contributed by atoms with Crippen molar-refractivity contribution in [1.29, 1.82) is 0 Å². The standard InChI is InChI=1S/C24H19BrClN5O2S/c25-20-15-28-31-23(14-22(30-24(20)31)19-7-3-4-8-21(19)26)27-11-12-29-34(32,33)18-10-9-16-5-1-2-6-17(16)13-18/h1-10,13-15,27,29H,11-12H2.